The maximum absolute atomic E-state index is 13.0. The topological polar surface area (TPSA) is 88.9 Å². The van der Waals surface area contributed by atoms with Crippen molar-refractivity contribution in [2.24, 2.45) is 5.92 Å². The zero-order chi connectivity index (χ0) is 22.3. The Morgan fingerprint density at radius 1 is 1.17 bits per heavy atom. The summed E-state index contributed by atoms with van der Waals surface area (Å²) in [5.41, 5.74) is 1.31. The molecule has 0 bridgehead atoms. The molecule has 7 heteroatoms. The number of carbonyl (C=O) groups is 2. The lowest BCUT2D eigenvalue weighted by atomic mass is 9.93. The van der Waals surface area contributed by atoms with Gasteiger partial charge in [0, 0.05) is 12.7 Å². The molecule has 160 valence electrons. The zero-order valence-electron chi connectivity index (χ0n) is 18.2. The van der Waals surface area contributed by atoms with Crippen LogP contribution >= 0.6 is 0 Å². The van der Waals surface area contributed by atoms with Gasteiger partial charge in [0.05, 0.1) is 26.4 Å². The third-order valence-corrected chi connectivity index (χ3v) is 4.50. The number of carbonyl (C=O) groups excluding carboxylic acids is 2. The van der Waals surface area contributed by atoms with E-state index in [1.54, 1.807) is 25.1 Å². The fourth-order valence-corrected chi connectivity index (χ4v) is 2.94. The molecule has 0 aromatic heterocycles. The molecule has 2 amide bonds. The summed E-state index contributed by atoms with van der Waals surface area (Å²) in [5, 5.41) is 9.44. The molecule has 0 fully saturated rings. The molecule has 0 atom stereocenters. The summed E-state index contributed by atoms with van der Waals surface area (Å²) in [5.74, 6) is 0.525. The monoisotopic (exact) mass is 412 g/mol. The van der Waals surface area contributed by atoms with Crippen LogP contribution in [0, 0.1) is 17.2 Å². The summed E-state index contributed by atoms with van der Waals surface area (Å²) in [6.45, 7) is 8.91. The largest absolute Gasteiger partial charge is 0.490 e. The van der Waals surface area contributed by atoms with E-state index < -0.39 is 11.8 Å². The fraction of sp³-hybridized carbons (Fsp3) is 0.435. The van der Waals surface area contributed by atoms with Crippen molar-refractivity contribution in [1.29, 1.82) is 5.26 Å². The van der Waals surface area contributed by atoms with Crippen LogP contribution in [0.3, 0.4) is 0 Å². The number of methoxy groups -OCH3 is 1. The van der Waals surface area contributed by atoms with Gasteiger partial charge in [0.1, 0.15) is 11.6 Å². The Morgan fingerprint density at radius 3 is 2.50 bits per heavy atom. The molecule has 30 heavy (non-hydrogen) atoms. The van der Waals surface area contributed by atoms with Crippen LogP contribution in [0.4, 0.5) is 0 Å². The third-order valence-electron chi connectivity index (χ3n) is 4.50. The van der Waals surface area contributed by atoms with Gasteiger partial charge in [-0.15, -0.1) is 0 Å². The first-order valence-corrected chi connectivity index (χ1v) is 9.91. The zero-order valence-corrected chi connectivity index (χ0v) is 18.2. The van der Waals surface area contributed by atoms with E-state index in [2.05, 4.69) is 13.8 Å². The number of nitrogens with zero attached hydrogens (tertiary/aromatic N) is 2. The summed E-state index contributed by atoms with van der Waals surface area (Å²) >= 11 is 0. The molecule has 0 saturated heterocycles. The Morgan fingerprint density at radius 2 is 1.90 bits per heavy atom. The van der Waals surface area contributed by atoms with Gasteiger partial charge in [-0.25, -0.2) is 0 Å². The van der Waals surface area contributed by atoms with Crippen LogP contribution in [0.15, 0.2) is 34.9 Å². The minimum atomic E-state index is -0.596. The van der Waals surface area contributed by atoms with Crippen LogP contribution in [0.5, 0.6) is 11.5 Å². The van der Waals surface area contributed by atoms with Gasteiger partial charge >= 0.3 is 0 Å². The fourth-order valence-electron chi connectivity index (χ4n) is 2.94. The minimum Gasteiger partial charge on any atom is -0.490 e. The number of rotatable bonds is 9. The van der Waals surface area contributed by atoms with Crippen molar-refractivity contribution in [3.05, 3.63) is 40.5 Å². The molecular weight excluding hydrogens is 384 g/mol. The average molecular weight is 412 g/mol. The molecule has 1 aliphatic rings. The van der Waals surface area contributed by atoms with Gasteiger partial charge in [-0.2, -0.15) is 5.26 Å². The highest BCUT2D eigenvalue weighted by atomic mass is 16.5. The second kappa shape index (κ2) is 10.6. The second-order valence-corrected chi connectivity index (χ2v) is 7.27. The lowest BCUT2D eigenvalue weighted by Gasteiger charge is -2.27. The quantitative estimate of drug-likeness (QED) is 0.456. The van der Waals surface area contributed by atoms with Crippen LogP contribution in [-0.4, -0.2) is 50.2 Å². The van der Waals surface area contributed by atoms with Crippen molar-refractivity contribution in [2.45, 2.75) is 27.7 Å². The summed E-state index contributed by atoms with van der Waals surface area (Å²) in [6, 6.07) is 7.32. The van der Waals surface area contributed by atoms with E-state index in [0.717, 1.165) is 4.90 Å². The molecule has 1 aliphatic heterocycles. The summed E-state index contributed by atoms with van der Waals surface area (Å²) in [4.78, 5) is 26.5. The van der Waals surface area contributed by atoms with Crippen molar-refractivity contribution in [1.82, 2.24) is 4.90 Å². The Kier molecular flexibility index (Phi) is 8.19. The van der Waals surface area contributed by atoms with Crippen LogP contribution < -0.4 is 9.47 Å². The third kappa shape index (κ3) is 5.28. The molecular formula is C23H28N2O5. The first kappa shape index (κ1) is 23.2. The van der Waals surface area contributed by atoms with Gasteiger partial charge in [0.2, 0.25) is 0 Å². The van der Waals surface area contributed by atoms with Gasteiger partial charge in [0.15, 0.2) is 11.5 Å². The lowest BCUT2D eigenvalue weighted by Crippen LogP contribution is -2.44. The predicted molar refractivity (Wildman–Crippen MR) is 113 cm³/mol. The van der Waals surface area contributed by atoms with E-state index >= 15 is 0 Å². The Labute approximate surface area is 177 Å². The summed E-state index contributed by atoms with van der Waals surface area (Å²) in [6.07, 6.45) is 1.66. The SMILES string of the molecule is CCOc1cc(/C=C2/C(=O)N(CCOC)C(=O)C(C#N)=C2C)ccc1OCC(C)C. The van der Waals surface area contributed by atoms with Crippen molar-refractivity contribution in [3.8, 4) is 17.6 Å². The van der Waals surface area contributed by atoms with E-state index in [9.17, 15) is 14.9 Å². The molecule has 0 spiro atoms. The maximum Gasteiger partial charge on any atom is 0.271 e. The van der Waals surface area contributed by atoms with E-state index in [0.29, 0.717) is 47.3 Å². The van der Waals surface area contributed by atoms with E-state index in [4.69, 9.17) is 14.2 Å². The van der Waals surface area contributed by atoms with E-state index in [-0.39, 0.29) is 18.7 Å². The molecule has 1 aromatic carbocycles. The standard InChI is InChI=1S/C23H28N2O5/c1-6-29-21-12-17(7-8-20(21)30-14-15(2)3)11-18-16(4)19(13-24)23(27)25(22(18)26)9-10-28-5/h7-8,11-12,15H,6,9-10,14H2,1-5H3/b18-11+. The van der Waals surface area contributed by atoms with E-state index in [1.807, 2.05) is 19.1 Å². The van der Waals surface area contributed by atoms with Gasteiger partial charge in [-0.05, 0) is 49.1 Å². The van der Waals surface area contributed by atoms with Crippen LogP contribution in [-0.2, 0) is 14.3 Å². The Bertz CT molecular complexity index is 909. The van der Waals surface area contributed by atoms with E-state index in [1.165, 1.54) is 7.11 Å². The Balaban J connectivity index is 2.47. The van der Waals surface area contributed by atoms with Crippen LogP contribution in [0.1, 0.15) is 33.3 Å². The van der Waals surface area contributed by atoms with Crippen molar-refractivity contribution >= 4 is 17.9 Å². The number of hydrogen-bond donors (Lipinski definition) is 0. The average Bonchev–Trinajstić information content (AvgIpc) is 2.71. The Hall–Kier alpha value is -3.11. The summed E-state index contributed by atoms with van der Waals surface area (Å²) in [7, 11) is 1.49. The number of imide groups is 1. The van der Waals surface area contributed by atoms with Crippen molar-refractivity contribution < 1.29 is 23.8 Å². The lowest BCUT2D eigenvalue weighted by molar-refractivity contribution is -0.141. The molecule has 0 N–H and O–H groups in total. The molecule has 0 radical (unpaired) electrons. The molecule has 0 saturated carbocycles. The van der Waals surface area contributed by atoms with Crippen LogP contribution in [0.25, 0.3) is 6.08 Å². The smallest absolute Gasteiger partial charge is 0.271 e. The normalized spacial score (nSPS) is 15.8. The highest BCUT2D eigenvalue weighted by Crippen LogP contribution is 2.32. The van der Waals surface area contributed by atoms with Crippen LogP contribution in [0.2, 0.25) is 0 Å². The molecule has 0 aliphatic carbocycles. The molecule has 2 rings (SSSR count). The van der Waals surface area contributed by atoms with Crippen molar-refractivity contribution in [2.75, 3.05) is 33.5 Å². The summed E-state index contributed by atoms with van der Waals surface area (Å²) < 4.78 is 16.5. The molecule has 7 nitrogen and oxygen atoms in total. The molecule has 1 aromatic rings. The number of hydrogen-bond acceptors (Lipinski definition) is 6. The van der Waals surface area contributed by atoms with Gasteiger partial charge in [-0.3, -0.25) is 14.5 Å². The highest BCUT2D eigenvalue weighted by molar-refractivity contribution is 6.19. The van der Waals surface area contributed by atoms with Gasteiger partial charge in [-0.1, -0.05) is 19.9 Å². The molecule has 1 heterocycles. The predicted octanol–water partition coefficient (Wildman–Crippen LogP) is 3.36. The number of benzene rings is 1. The molecule has 0 unspecified atom stereocenters. The number of nitriles is 1. The first-order chi connectivity index (χ1) is 14.3. The minimum absolute atomic E-state index is 0.0427. The maximum atomic E-state index is 13.0. The van der Waals surface area contributed by atoms with Gasteiger partial charge < -0.3 is 14.2 Å². The highest BCUT2D eigenvalue weighted by Gasteiger charge is 2.35. The number of amides is 2. The van der Waals surface area contributed by atoms with Gasteiger partial charge in [0.25, 0.3) is 11.8 Å². The van der Waals surface area contributed by atoms with Crippen molar-refractivity contribution in [3.63, 3.8) is 0 Å². The second-order valence-electron chi connectivity index (χ2n) is 7.27. The number of ether oxygens (including phenoxy) is 3. The first-order valence-electron chi connectivity index (χ1n) is 9.91.